The van der Waals surface area contributed by atoms with Gasteiger partial charge in [0.05, 0.1) is 6.54 Å². The molecule has 1 rings (SSSR count). The first-order chi connectivity index (χ1) is 7.33. The third-order valence-electron chi connectivity index (χ3n) is 2.11. The molecule has 0 radical (unpaired) electrons. The Labute approximate surface area is 90.9 Å². The molecular formula is C12H18N2O. The minimum absolute atomic E-state index is 0.0628. The Bertz CT molecular complexity index is 285. The fourth-order valence-corrected chi connectivity index (χ4v) is 1.29. The second-order valence-electron chi connectivity index (χ2n) is 3.37. The van der Waals surface area contributed by atoms with E-state index in [0.29, 0.717) is 13.1 Å². The molecule has 3 nitrogen and oxygen atoms in total. The predicted molar refractivity (Wildman–Crippen MR) is 61.7 cm³/mol. The average molecular weight is 206 g/mol. The van der Waals surface area contributed by atoms with E-state index < -0.39 is 0 Å². The summed E-state index contributed by atoms with van der Waals surface area (Å²) in [7, 11) is 0. The first-order valence-electron chi connectivity index (χ1n) is 5.34. The summed E-state index contributed by atoms with van der Waals surface area (Å²) >= 11 is 0. The van der Waals surface area contributed by atoms with Crippen LogP contribution in [-0.4, -0.2) is 25.5 Å². The summed E-state index contributed by atoms with van der Waals surface area (Å²) in [5.74, 6) is 0.0628. The number of rotatable bonds is 6. The number of carbonyl (C=O) groups is 1. The summed E-state index contributed by atoms with van der Waals surface area (Å²) in [5.41, 5.74) is 1.25. The molecular weight excluding hydrogens is 188 g/mol. The molecule has 2 N–H and O–H groups in total. The van der Waals surface area contributed by atoms with Crippen molar-refractivity contribution in [2.75, 3.05) is 19.6 Å². The van der Waals surface area contributed by atoms with Crippen molar-refractivity contribution in [3.05, 3.63) is 35.9 Å². The van der Waals surface area contributed by atoms with E-state index in [9.17, 15) is 4.79 Å². The molecule has 0 saturated carbocycles. The van der Waals surface area contributed by atoms with E-state index in [2.05, 4.69) is 22.8 Å². The standard InChI is InChI=1S/C12H18N2O/c1-2-13-10-12(15)14-9-8-11-6-4-3-5-7-11/h3-7,13H,2,8-10H2,1H3,(H,14,15). The van der Waals surface area contributed by atoms with Gasteiger partial charge in [-0.1, -0.05) is 37.3 Å². The Morgan fingerprint density at radius 2 is 2.00 bits per heavy atom. The van der Waals surface area contributed by atoms with E-state index in [1.54, 1.807) is 0 Å². The Kier molecular flexibility index (Phi) is 5.48. The lowest BCUT2D eigenvalue weighted by Crippen LogP contribution is -2.34. The Morgan fingerprint density at radius 3 is 2.67 bits per heavy atom. The molecule has 0 aliphatic heterocycles. The van der Waals surface area contributed by atoms with Gasteiger partial charge in [-0.15, -0.1) is 0 Å². The molecule has 0 heterocycles. The van der Waals surface area contributed by atoms with Crippen LogP contribution in [0.5, 0.6) is 0 Å². The van der Waals surface area contributed by atoms with Crippen LogP contribution in [0.1, 0.15) is 12.5 Å². The normalized spacial score (nSPS) is 9.93. The highest BCUT2D eigenvalue weighted by atomic mass is 16.1. The van der Waals surface area contributed by atoms with Gasteiger partial charge in [0, 0.05) is 6.54 Å². The molecule has 0 fully saturated rings. The molecule has 0 atom stereocenters. The number of benzene rings is 1. The summed E-state index contributed by atoms with van der Waals surface area (Å²) in [6.45, 7) is 3.92. The Balaban J connectivity index is 2.14. The van der Waals surface area contributed by atoms with Crippen molar-refractivity contribution < 1.29 is 4.79 Å². The third-order valence-corrected chi connectivity index (χ3v) is 2.11. The zero-order chi connectivity index (χ0) is 10.9. The molecule has 3 heteroatoms. The predicted octanol–water partition coefficient (Wildman–Crippen LogP) is 0.955. The topological polar surface area (TPSA) is 41.1 Å². The van der Waals surface area contributed by atoms with Gasteiger partial charge in [0.1, 0.15) is 0 Å². The van der Waals surface area contributed by atoms with Crippen molar-refractivity contribution in [1.29, 1.82) is 0 Å². The molecule has 15 heavy (non-hydrogen) atoms. The van der Waals surface area contributed by atoms with Gasteiger partial charge in [-0.05, 0) is 18.5 Å². The summed E-state index contributed by atoms with van der Waals surface area (Å²) in [6.07, 6.45) is 0.888. The summed E-state index contributed by atoms with van der Waals surface area (Å²) < 4.78 is 0. The van der Waals surface area contributed by atoms with Crippen LogP contribution >= 0.6 is 0 Å². The lowest BCUT2D eigenvalue weighted by molar-refractivity contribution is -0.120. The summed E-state index contributed by atoms with van der Waals surface area (Å²) in [4.78, 5) is 11.2. The minimum atomic E-state index is 0.0628. The van der Waals surface area contributed by atoms with E-state index in [1.807, 2.05) is 25.1 Å². The molecule has 0 bridgehead atoms. The maximum absolute atomic E-state index is 11.2. The number of amides is 1. The van der Waals surface area contributed by atoms with Crippen molar-refractivity contribution in [2.45, 2.75) is 13.3 Å². The molecule has 0 aliphatic carbocycles. The fourth-order valence-electron chi connectivity index (χ4n) is 1.29. The smallest absolute Gasteiger partial charge is 0.233 e. The molecule has 0 aliphatic rings. The van der Waals surface area contributed by atoms with Crippen LogP contribution < -0.4 is 10.6 Å². The zero-order valence-corrected chi connectivity index (χ0v) is 9.12. The minimum Gasteiger partial charge on any atom is -0.355 e. The van der Waals surface area contributed by atoms with Crippen molar-refractivity contribution in [3.63, 3.8) is 0 Å². The van der Waals surface area contributed by atoms with Crippen LogP contribution in [0.15, 0.2) is 30.3 Å². The number of hydrogen-bond acceptors (Lipinski definition) is 2. The lowest BCUT2D eigenvalue weighted by atomic mass is 10.1. The second-order valence-corrected chi connectivity index (χ2v) is 3.37. The fraction of sp³-hybridized carbons (Fsp3) is 0.417. The van der Waals surface area contributed by atoms with Gasteiger partial charge in [-0.25, -0.2) is 0 Å². The van der Waals surface area contributed by atoms with Gasteiger partial charge in [-0.3, -0.25) is 4.79 Å². The SMILES string of the molecule is CCNCC(=O)NCCc1ccccc1. The van der Waals surface area contributed by atoms with Crippen LogP contribution in [0, 0.1) is 0 Å². The van der Waals surface area contributed by atoms with E-state index in [0.717, 1.165) is 13.0 Å². The van der Waals surface area contributed by atoms with Crippen molar-refractivity contribution in [2.24, 2.45) is 0 Å². The molecule has 1 aromatic carbocycles. The number of carbonyl (C=O) groups excluding carboxylic acids is 1. The third kappa shape index (κ3) is 5.18. The number of nitrogens with one attached hydrogen (secondary N) is 2. The quantitative estimate of drug-likeness (QED) is 0.727. The van der Waals surface area contributed by atoms with Gasteiger partial charge < -0.3 is 10.6 Å². The van der Waals surface area contributed by atoms with E-state index in [4.69, 9.17) is 0 Å². The first-order valence-corrected chi connectivity index (χ1v) is 5.34. The largest absolute Gasteiger partial charge is 0.355 e. The monoisotopic (exact) mass is 206 g/mol. The molecule has 1 amide bonds. The molecule has 0 unspecified atom stereocenters. The van der Waals surface area contributed by atoms with E-state index in [1.165, 1.54) is 5.56 Å². The highest BCUT2D eigenvalue weighted by Gasteiger charge is 1.98. The van der Waals surface area contributed by atoms with Gasteiger partial charge >= 0.3 is 0 Å². The van der Waals surface area contributed by atoms with Crippen molar-refractivity contribution in [3.8, 4) is 0 Å². The van der Waals surface area contributed by atoms with Crippen LogP contribution in [0.25, 0.3) is 0 Å². The van der Waals surface area contributed by atoms with Crippen LogP contribution in [0.3, 0.4) is 0 Å². The van der Waals surface area contributed by atoms with Gasteiger partial charge in [0.25, 0.3) is 0 Å². The molecule has 1 aromatic rings. The van der Waals surface area contributed by atoms with E-state index >= 15 is 0 Å². The Morgan fingerprint density at radius 1 is 1.27 bits per heavy atom. The second kappa shape index (κ2) is 7.01. The van der Waals surface area contributed by atoms with Gasteiger partial charge in [0.15, 0.2) is 0 Å². The summed E-state index contributed by atoms with van der Waals surface area (Å²) in [6, 6.07) is 10.1. The zero-order valence-electron chi connectivity index (χ0n) is 9.12. The molecule has 0 aromatic heterocycles. The average Bonchev–Trinajstić information content (AvgIpc) is 2.28. The maximum atomic E-state index is 11.2. The van der Waals surface area contributed by atoms with Crippen LogP contribution in [-0.2, 0) is 11.2 Å². The maximum Gasteiger partial charge on any atom is 0.233 e. The number of hydrogen-bond donors (Lipinski definition) is 2. The van der Waals surface area contributed by atoms with Crippen molar-refractivity contribution >= 4 is 5.91 Å². The highest BCUT2D eigenvalue weighted by molar-refractivity contribution is 5.77. The highest BCUT2D eigenvalue weighted by Crippen LogP contribution is 1.97. The molecule has 0 spiro atoms. The van der Waals surface area contributed by atoms with E-state index in [-0.39, 0.29) is 5.91 Å². The van der Waals surface area contributed by atoms with Gasteiger partial charge in [-0.2, -0.15) is 0 Å². The van der Waals surface area contributed by atoms with Crippen LogP contribution in [0.4, 0.5) is 0 Å². The van der Waals surface area contributed by atoms with Crippen molar-refractivity contribution in [1.82, 2.24) is 10.6 Å². The first kappa shape index (κ1) is 11.7. The summed E-state index contributed by atoms with van der Waals surface area (Å²) in [5, 5.41) is 5.85. The van der Waals surface area contributed by atoms with Crippen LogP contribution in [0.2, 0.25) is 0 Å². The van der Waals surface area contributed by atoms with Gasteiger partial charge in [0.2, 0.25) is 5.91 Å². The Hall–Kier alpha value is -1.35. The molecule has 82 valence electrons. The lowest BCUT2D eigenvalue weighted by Gasteiger charge is -2.05. The number of likely N-dealkylation sites (N-methyl/N-ethyl adjacent to an activating group) is 1. The molecule has 0 saturated heterocycles.